The standard InChI is InChI=1S/C56H36N2S/c1-3-14-49-46(11-1)47-12-2-4-15-50(47)55-54(49)57-34-52(58-55)44-10-7-9-39(33-44)35-19-21-36(22-20-35)40-27-29-43-32-41(28-30-42(43)31-40)37-23-25-38(26-24-37)45-16-8-17-51-48-13-5-6-18-53(48)59-56(45)51/h1-23,25-34,37H,24H2. The van der Waals surface area contributed by atoms with Gasteiger partial charge in [0.2, 0.25) is 0 Å². The first-order valence-electron chi connectivity index (χ1n) is 20.3. The third-order valence-electron chi connectivity index (χ3n) is 12.2. The molecule has 2 heterocycles. The van der Waals surface area contributed by atoms with Gasteiger partial charge in [-0.05, 0) is 85.1 Å². The van der Waals surface area contributed by atoms with Gasteiger partial charge < -0.3 is 0 Å². The summed E-state index contributed by atoms with van der Waals surface area (Å²) >= 11 is 1.90. The monoisotopic (exact) mass is 768 g/mol. The Balaban J connectivity index is 0.788. The number of allylic oxidation sites excluding steroid dienone is 4. The van der Waals surface area contributed by atoms with E-state index < -0.39 is 0 Å². The van der Waals surface area contributed by atoms with Crippen molar-refractivity contribution in [2.24, 2.45) is 0 Å². The Morgan fingerprint density at radius 1 is 0.475 bits per heavy atom. The van der Waals surface area contributed by atoms with Gasteiger partial charge in [-0.2, -0.15) is 0 Å². The Hall–Kier alpha value is -7.20. The molecule has 0 bridgehead atoms. The van der Waals surface area contributed by atoms with E-state index in [4.69, 9.17) is 9.97 Å². The highest BCUT2D eigenvalue weighted by atomic mass is 32.1. The van der Waals surface area contributed by atoms with Crippen LogP contribution in [0.3, 0.4) is 0 Å². The van der Waals surface area contributed by atoms with Gasteiger partial charge >= 0.3 is 0 Å². The third kappa shape index (κ3) is 5.77. The lowest BCUT2D eigenvalue weighted by atomic mass is 9.87. The number of aromatic nitrogens is 2. The zero-order valence-corrected chi connectivity index (χ0v) is 33.0. The molecule has 0 radical (unpaired) electrons. The van der Waals surface area contributed by atoms with E-state index in [0.717, 1.165) is 45.0 Å². The van der Waals surface area contributed by atoms with E-state index in [0.29, 0.717) is 5.92 Å². The fraction of sp³-hybridized carbons (Fsp3) is 0.0357. The minimum absolute atomic E-state index is 0.365. The molecule has 0 fully saturated rings. The minimum atomic E-state index is 0.365. The summed E-state index contributed by atoms with van der Waals surface area (Å²) in [6.45, 7) is 0. The van der Waals surface area contributed by atoms with Crippen molar-refractivity contribution >= 4 is 80.4 Å². The van der Waals surface area contributed by atoms with E-state index in [2.05, 4.69) is 194 Å². The van der Waals surface area contributed by atoms with Crippen LogP contribution in [-0.4, -0.2) is 9.97 Å². The molecule has 11 aromatic rings. The summed E-state index contributed by atoms with van der Waals surface area (Å²) in [7, 11) is 0. The van der Waals surface area contributed by atoms with Gasteiger partial charge in [0.05, 0.1) is 22.9 Å². The number of hydrogen-bond donors (Lipinski definition) is 0. The number of rotatable bonds is 5. The predicted molar refractivity (Wildman–Crippen MR) is 252 cm³/mol. The van der Waals surface area contributed by atoms with E-state index in [9.17, 15) is 0 Å². The van der Waals surface area contributed by atoms with E-state index in [1.54, 1.807) is 0 Å². The molecule has 2 nitrogen and oxygen atoms in total. The topological polar surface area (TPSA) is 25.8 Å². The van der Waals surface area contributed by atoms with Crippen LogP contribution in [0.5, 0.6) is 0 Å². The summed E-state index contributed by atoms with van der Waals surface area (Å²) in [5, 5.41) is 9.90. The zero-order valence-electron chi connectivity index (χ0n) is 32.1. The number of fused-ring (bicyclic) bond motifs is 10. The lowest BCUT2D eigenvalue weighted by molar-refractivity contribution is 0.858. The first-order chi connectivity index (χ1) is 29.2. The maximum Gasteiger partial charge on any atom is 0.0979 e. The smallest absolute Gasteiger partial charge is 0.0979 e. The molecule has 0 amide bonds. The van der Waals surface area contributed by atoms with Crippen molar-refractivity contribution in [3.8, 4) is 33.5 Å². The molecule has 0 aliphatic heterocycles. The van der Waals surface area contributed by atoms with Gasteiger partial charge in [0, 0.05) is 42.4 Å². The Bertz CT molecular complexity index is 3500. The van der Waals surface area contributed by atoms with Crippen LogP contribution in [0.1, 0.15) is 23.5 Å². The van der Waals surface area contributed by atoms with Crippen LogP contribution in [0.2, 0.25) is 0 Å². The second-order valence-corrected chi connectivity index (χ2v) is 16.7. The molecule has 12 rings (SSSR count). The highest BCUT2D eigenvalue weighted by Crippen LogP contribution is 2.41. The van der Waals surface area contributed by atoms with Gasteiger partial charge in [0.25, 0.3) is 0 Å². The molecule has 1 aliphatic rings. The second-order valence-electron chi connectivity index (χ2n) is 15.7. The van der Waals surface area contributed by atoms with Gasteiger partial charge in [-0.25, -0.2) is 4.98 Å². The second kappa shape index (κ2) is 13.7. The molecule has 59 heavy (non-hydrogen) atoms. The van der Waals surface area contributed by atoms with Gasteiger partial charge in [-0.1, -0.05) is 176 Å². The molecule has 3 heteroatoms. The van der Waals surface area contributed by atoms with E-state index in [-0.39, 0.29) is 0 Å². The summed E-state index contributed by atoms with van der Waals surface area (Å²) in [6, 6.07) is 63.9. The summed E-state index contributed by atoms with van der Waals surface area (Å²) in [5.74, 6) is 0.365. The summed E-state index contributed by atoms with van der Waals surface area (Å²) in [4.78, 5) is 10.2. The highest BCUT2D eigenvalue weighted by Gasteiger charge is 2.17. The number of nitrogens with zero attached hydrogens (tertiary/aromatic N) is 2. The molecule has 0 spiro atoms. The van der Waals surface area contributed by atoms with Crippen LogP contribution in [0.25, 0.3) is 103 Å². The van der Waals surface area contributed by atoms with Crippen molar-refractivity contribution in [1.82, 2.24) is 9.97 Å². The van der Waals surface area contributed by atoms with Crippen LogP contribution < -0.4 is 0 Å². The molecule has 1 aliphatic carbocycles. The molecule has 1 atom stereocenters. The van der Waals surface area contributed by atoms with Gasteiger partial charge in [0.15, 0.2) is 0 Å². The quantitative estimate of drug-likeness (QED) is 0.163. The van der Waals surface area contributed by atoms with Crippen molar-refractivity contribution in [3.05, 3.63) is 211 Å². The molecule has 0 saturated heterocycles. The summed E-state index contributed by atoms with van der Waals surface area (Å²) in [5.41, 5.74) is 12.6. The highest BCUT2D eigenvalue weighted by molar-refractivity contribution is 7.26. The van der Waals surface area contributed by atoms with Crippen molar-refractivity contribution in [3.63, 3.8) is 0 Å². The number of hydrogen-bond acceptors (Lipinski definition) is 3. The van der Waals surface area contributed by atoms with Crippen LogP contribution in [-0.2, 0) is 0 Å². The zero-order chi connectivity index (χ0) is 38.9. The molecule has 9 aromatic carbocycles. The van der Waals surface area contributed by atoms with Crippen LogP contribution in [0, 0.1) is 0 Å². The van der Waals surface area contributed by atoms with Gasteiger partial charge in [-0.15, -0.1) is 11.3 Å². The van der Waals surface area contributed by atoms with Crippen molar-refractivity contribution in [1.29, 1.82) is 0 Å². The minimum Gasteiger partial charge on any atom is -0.252 e. The normalized spacial score (nSPS) is 14.2. The molecular formula is C56H36N2S. The molecule has 0 saturated carbocycles. The van der Waals surface area contributed by atoms with Crippen molar-refractivity contribution in [2.45, 2.75) is 12.3 Å². The molecule has 2 aromatic heterocycles. The third-order valence-corrected chi connectivity index (χ3v) is 13.5. The van der Waals surface area contributed by atoms with E-state index >= 15 is 0 Å². The summed E-state index contributed by atoms with van der Waals surface area (Å²) in [6.07, 6.45) is 10.1. The maximum atomic E-state index is 5.23. The van der Waals surface area contributed by atoms with Crippen molar-refractivity contribution < 1.29 is 0 Å². The maximum absolute atomic E-state index is 5.23. The Kier molecular flexibility index (Phi) is 7.89. The van der Waals surface area contributed by atoms with E-state index in [1.807, 2.05) is 17.5 Å². The molecule has 1 unspecified atom stereocenters. The molecule has 0 N–H and O–H groups in total. The lowest BCUT2D eigenvalue weighted by Gasteiger charge is -2.18. The first-order valence-corrected chi connectivity index (χ1v) is 21.1. The lowest BCUT2D eigenvalue weighted by Crippen LogP contribution is -1.99. The van der Waals surface area contributed by atoms with Crippen molar-refractivity contribution in [2.75, 3.05) is 0 Å². The predicted octanol–water partition coefficient (Wildman–Crippen LogP) is 15.6. The Morgan fingerprint density at radius 2 is 1.10 bits per heavy atom. The number of benzene rings is 9. The summed E-state index contributed by atoms with van der Waals surface area (Å²) < 4.78 is 2.73. The van der Waals surface area contributed by atoms with Crippen LogP contribution in [0.15, 0.2) is 200 Å². The fourth-order valence-electron chi connectivity index (χ4n) is 9.19. The first kappa shape index (κ1) is 33.9. The Morgan fingerprint density at radius 3 is 1.88 bits per heavy atom. The SMILES string of the molecule is C1=CC(c2ccc3cc(-c4ccc(-c5cccc(-c6cnc7c8ccccc8c8ccccc8c7n6)c5)cc4)ccc3c2)CC=C1c1cccc2c1sc1ccccc12. The number of thiophene rings is 1. The molecule has 276 valence electrons. The Labute approximate surface area is 346 Å². The van der Waals surface area contributed by atoms with E-state index in [1.165, 1.54) is 75.1 Å². The van der Waals surface area contributed by atoms with Gasteiger partial charge in [0.1, 0.15) is 0 Å². The van der Waals surface area contributed by atoms with Gasteiger partial charge in [-0.3, -0.25) is 4.98 Å². The largest absolute Gasteiger partial charge is 0.252 e. The average molecular weight is 769 g/mol. The average Bonchev–Trinajstić information content (AvgIpc) is 3.70. The van der Waals surface area contributed by atoms with Crippen LogP contribution in [0.4, 0.5) is 0 Å². The van der Waals surface area contributed by atoms with Crippen LogP contribution >= 0.6 is 11.3 Å². The molecular weight excluding hydrogens is 733 g/mol. The fourth-order valence-corrected chi connectivity index (χ4v) is 10.4.